The van der Waals surface area contributed by atoms with Gasteiger partial charge in [-0.1, -0.05) is 6.42 Å². The molecular weight excluding hydrogens is 184 g/mol. The van der Waals surface area contributed by atoms with Crippen molar-refractivity contribution in [3.05, 3.63) is 0 Å². The number of rotatable bonds is 6. The topological polar surface area (TPSA) is 36.9 Å². The Hall–Kier alpha value is -0.160. The molecule has 14 heavy (non-hydrogen) atoms. The summed E-state index contributed by atoms with van der Waals surface area (Å²) in [5, 5.41) is 0. The minimum absolute atomic E-state index is 0.525. The van der Waals surface area contributed by atoms with Gasteiger partial charge in [-0.3, -0.25) is 0 Å². The van der Waals surface area contributed by atoms with E-state index in [4.69, 9.17) is 19.6 Å². The lowest BCUT2D eigenvalue weighted by Gasteiger charge is -2.33. The summed E-state index contributed by atoms with van der Waals surface area (Å²) in [6.07, 6.45) is 5.10. The molecule has 0 unspecified atom stereocenters. The molecule has 0 saturated heterocycles. The van der Waals surface area contributed by atoms with Gasteiger partial charge < -0.3 is 0 Å². The fraction of sp³-hybridized carbons (Fsp3) is 1.00. The summed E-state index contributed by atoms with van der Waals surface area (Å²) >= 11 is 0. The summed E-state index contributed by atoms with van der Waals surface area (Å²) in [5.41, 5.74) is 0. The minimum atomic E-state index is -0.662. The smallest absolute Gasteiger partial charge is 0.233 e. The SMILES string of the molecule is CCOOC1(OOCC)CCCCC1. The molecule has 1 aliphatic rings. The van der Waals surface area contributed by atoms with Gasteiger partial charge in [0.2, 0.25) is 5.79 Å². The second-order valence-corrected chi connectivity index (χ2v) is 3.45. The van der Waals surface area contributed by atoms with Crippen molar-refractivity contribution in [2.45, 2.75) is 51.7 Å². The molecule has 0 amide bonds. The molecule has 1 aliphatic carbocycles. The van der Waals surface area contributed by atoms with Gasteiger partial charge in [-0.2, -0.15) is 9.78 Å². The van der Waals surface area contributed by atoms with E-state index in [9.17, 15) is 0 Å². The molecule has 0 aromatic rings. The maximum absolute atomic E-state index is 5.27. The second-order valence-electron chi connectivity index (χ2n) is 3.45. The highest BCUT2D eigenvalue weighted by molar-refractivity contribution is 4.72. The van der Waals surface area contributed by atoms with Crippen LogP contribution in [0, 0.1) is 0 Å². The van der Waals surface area contributed by atoms with E-state index in [0.717, 1.165) is 25.7 Å². The van der Waals surface area contributed by atoms with Gasteiger partial charge in [-0.05, 0) is 26.7 Å². The molecule has 0 bridgehead atoms. The summed E-state index contributed by atoms with van der Waals surface area (Å²) in [6.45, 7) is 4.82. The average molecular weight is 204 g/mol. The molecular formula is C10H20O4. The normalized spacial score (nSPS) is 21.0. The minimum Gasteiger partial charge on any atom is -0.234 e. The summed E-state index contributed by atoms with van der Waals surface area (Å²) in [7, 11) is 0. The quantitative estimate of drug-likeness (QED) is 0.378. The molecule has 1 fully saturated rings. The fourth-order valence-electron chi connectivity index (χ4n) is 1.60. The van der Waals surface area contributed by atoms with Crippen molar-refractivity contribution in [1.82, 2.24) is 0 Å². The van der Waals surface area contributed by atoms with Gasteiger partial charge in [-0.15, -0.1) is 0 Å². The third-order valence-electron chi connectivity index (χ3n) is 2.27. The van der Waals surface area contributed by atoms with Crippen molar-refractivity contribution in [3.63, 3.8) is 0 Å². The van der Waals surface area contributed by atoms with Gasteiger partial charge in [0, 0.05) is 12.8 Å². The molecule has 0 spiro atoms. The zero-order valence-corrected chi connectivity index (χ0v) is 9.08. The lowest BCUT2D eigenvalue weighted by Crippen LogP contribution is -2.38. The second kappa shape index (κ2) is 6.35. The summed E-state index contributed by atoms with van der Waals surface area (Å²) in [4.78, 5) is 20.5. The summed E-state index contributed by atoms with van der Waals surface area (Å²) in [6, 6.07) is 0. The van der Waals surface area contributed by atoms with E-state index in [-0.39, 0.29) is 0 Å². The highest BCUT2D eigenvalue weighted by Crippen LogP contribution is 2.33. The molecule has 0 aromatic heterocycles. The Balaban J connectivity index is 2.39. The van der Waals surface area contributed by atoms with Gasteiger partial charge in [0.25, 0.3) is 0 Å². The monoisotopic (exact) mass is 204 g/mol. The van der Waals surface area contributed by atoms with Crippen LogP contribution in [-0.4, -0.2) is 19.0 Å². The first-order valence-corrected chi connectivity index (χ1v) is 5.44. The van der Waals surface area contributed by atoms with Gasteiger partial charge in [0.05, 0.1) is 13.2 Å². The van der Waals surface area contributed by atoms with Gasteiger partial charge >= 0.3 is 0 Å². The average Bonchev–Trinajstić information content (AvgIpc) is 2.25. The van der Waals surface area contributed by atoms with Crippen molar-refractivity contribution < 1.29 is 19.6 Å². The molecule has 84 valence electrons. The third-order valence-corrected chi connectivity index (χ3v) is 2.27. The van der Waals surface area contributed by atoms with E-state index in [1.54, 1.807) is 0 Å². The van der Waals surface area contributed by atoms with E-state index in [2.05, 4.69) is 0 Å². The molecule has 0 radical (unpaired) electrons. The van der Waals surface area contributed by atoms with Crippen LogP contribution in [0.1, 0.15) is 46.0 Å². The Morgan fingerprint density at radius 1 is 0.857 bits per heavy atom. The maximum Gasteiger partial charge on any atom is 0.233 e. The molecule has 0 N–H and O–H groups in total. The molecule has 0 heterocycles. The zero-order valence-electron chi connectivity index (χ0n) is 9.08. The summed E-state index contributed by atoms with van der Waals surface area (Å²) < 4.78 is 0. The van der Waals surface area contributed by atoms with E-state index >= 15 is 0 Å². The predicted octanol–water partition coefficient (Wildman–Crippen LogP) is 2.58. The van der Waals surface area contributed by atoms with Gasteiger partial charge in [-0.25, -0.2) is 9.78 Å². The fourth-order valence-corrected chi connectivity index (χ4v) is 1.60. The Kier molecular flexibility index (Phi) is 5.40. The van der Waals surface area contributed by atoms with Crippen molar-refractivity contribution in [2.75, 3.05) is 13.2 Å². The van der Waals surface area contributed by atoms with Crippen LogP contribution in [0.3, 0.4) is 0 Å². The first-order chi connectivity index (χ1) is 6.83. The van der Waals surface area contributed by atoms with Crippen LogP contribution in [0.5, 0.6) is 0 Å². The highest BCUT2D eigenvalue weighted by Gasteiger charge is 2.37. The summed E-state index contributed by atoms with van der Waals surface area (Å²) in [5.74, 6) is -0.662. The van der Waals surface area contributed by atoms with Gasteiger partial charge in [0.1, 0.15) is 0 Å². The van der Waals surface area contributed by atoms with Crippen LogP contribution in [0.15, 0.2) is 0 Å². The van der Waals surface area contributed by atoms with Crippen LogP contribution in [0.2, 0.25) is 0 Å². The Morgan fingerprint density at radius 3 is 1.79 bits per heavy atom. The lowest BCUT2D eigenvalue weighted by atomic mass is 9.94. The predicted molar refractivity (Wildman–Crippen MR) is 51.2 cm³/mol. The molecule has 0 aliphatic heterocycles. The van der Waals surface area contributed by atoms with Crippen molar-refractivity contribution in [1.29, 1.82) is 0 Å². The molecule has 0 atom stereocenters. The molecule has 1 rings (SSSR count). The van der Waals surface area contributed by atoms with Crippen LogP contribution in [-0.2, 0) is 19.6 Å². The van der Waals surface area contributed by atoms with Crippen LogP contribution in [0.25, 0.3) is 0 Å². The first-order valence-electron chi connectivity index (χ1n) is 5.44. The zero-order chi connectivity index (χ0) is 10.3. The largest absolute Gasteiger partial charge is 0.234 e. The Morgan fingerprint density at radius 2 is 1.36 bits per heavy atom. The van der Waals surface area contributed by atoms with Gasteiger partial charge in [0.15, 0.2) is 0 Å². The van der Waals surface area contributed by atoms with E-state index in [0.29, 0.717) is 13.2 Å². The van der Waals surface area contributed by atoms with Crippen molar-refractivity contribution in [3.8, 4) is 0 Å². The Labute approximate surface area is 85.3 Å². The molecule has 4 nitrogen and oxygen atoms in total. The lowest BCUT2D eigenvalue weighted by molar-refractivity contribution is -0.515. The maximum atomic E-state index is 5.27. The Bertz CT molecular complexity index is 133. The van der Waals surface area contributed by atoms with Crippen LogP contribution >= 0.6 is 0 Å². The highest BCUT2D eigenvalue weighted by atomic mass is 17.3. The standard InChI is InChI=1S/C10H20O4/c1-3-11-13-10(14-12-4-2)8-6-5-7-9-10/h3-9H2,1-2H3. The molecule has 1 saturated carbocycles. The van der Waals surface area contributed by atoms with Crippen LogP contribution in [0.4, 0.5) is 0 Å². The van der Waals surface area contributed by atoms with Crippen LogP contribution < -0.4 is 0 Å². The first kappa shape index (κ1) is 11.9. The van der Waals surface area contributed by atoms with E-state index < -0.39 is 5.79 Å². The molecule has 4 heteroatoms. The van der Waals surface area contributed by atoms with Crippen molar-refractivity contribution in [2.24, 2.45) is 0 Å². The van der Waals surface area contributed by atoms with E-state index in [1.165, 1.54) is 6.42 Å². The van der Waals surface area contributed by atoms with E-state index in [1.807, 2.05) is 13.8 Å². The van der Waals surface area contributed by atoms with Crippen molar-refractivity contribution >= 4 is 0 Å². The molecule has 0 aromatic carbocycles. The third kappa shape index (κ3) is 3.53. The number of hydrogen-bond acceptors (Lipinski definition) is 4. The number of hydrogen-bond donors (Lipinski definition) is 0.